The summed E-state index contributed by atoms with van der Waals surface area (Å²) in [7, 11) is 2.03. The number of Topliss-reactive ketones (excluding diaryl/α,β-unsaturated/α-hetero) is 1. The van der Waals surface area contributed by atoms with E-state index in [9.17, 15) is 19.2 Å². The van der Waals surface area contributed by atoms with E-state index in [-0.39, 0.29) is 41.7 Å². The third-order valence-corrected chi connectivity index (χ3v) is 14.3. The number of fused-ring (bicyclic) bond motifs is 2. The van der Waals surface area contributed by atoms with Crippen molar-refractivity contribution in [2.24, 2.45) is 13.0 Å². The molecule has 4 aliphatic heterocycles. The largest absolute Gasteiger partial charge is 0.444 e. The number of benzene rings is 1. The Labute approximate surface area is 417 Å². The number of hydrogen-bond acceptors (Lipinski definition) is 13. The van der Waals surface area contributed by atoms with E-state index in [2.05, 4.69) is 68.4 Å². The summed E-state index contributed by atoms with van der Waals surface area (Å²) in [6.45, 7) is 11.0. The van der Waals surface area contributed by atoms with Crippen molar-refractivity contribution in [1.29, 1.82) is 0 Å². The third-order valence-electron chi connectivity index (χ3n) is 14.3. The van der Waals surface area contributed by atoms with E-state index in [1.807, 2.05) is 43.4 Å². The maximum absolute atomic E-state index is 15.3. The number of anilines is 2. The van der Waals surface area contributed by atoms with Crippen molar-refractivity contribution in [3.05, 3.63) is 119 Å². The van der Waals surface area contributed by atoms with Crippen LogP contribution in [-0.2, 0) is 47.4 Å². The highest BCUT2D eigenvalue weighted by Gasteiger charge is 2.29. The van der Waals surface area contributed by atoms with E-state index in [1.165, 1.54) is 17.3 Å². The zero-order chi connectivity index (χ0) is 50.1. The lowest BCUT2D eigenvalue weighted by Gasteiger charge is -2.32. The first-order valence-corrected chi connectivity index (χ1v) is 25.0. The van der Waals surface area contributed by atoms with Gasteiger partial charge in [-0.25, -0.2) is 14.2 Å². The van der Waals surface area contributed by atoms with E-state index < -0.39 is 17.7 Å². The Kier molecular flexibility index (Phi) is 13.8. The quantitative estimate of drug-likeness (QED) is 0.0750. The molecule has 2 saturated heterocycles. The van der Waals surface area contributed by atoms with Gasteiger partial charge >= 0.3 is 6.09 Å². The van der Waals surface area contributed by atoms with Crippen LogP contribution in [0.2, 0.25) is 0 Å². The number of rotatable bonds is 13. The maximum Gasteiger partial charge on any atom is 0.413 e. The summed E-state index contributed by atoms with van der Waals surface area (Å²) < 4.78 is 24.9. The molecule has 4 aliphatic rings. The molecule has 0 bridgehead atoms. The average molecular weight is 977 g/mol. The Balaban J connectivity index is 0.680. The molecule has 17 nitrogen and oxygen atoms in total. The molecule has 2 fully saturated rings. The molecular formula is C54H61FN12O5. The number of nitrogens with one attached hydrogen (secondary N) is 3. The summed E-state index contributed by atoms with van der Waals surface area (Å²) in [5.41, 5.74) is 9.06. The summed E-state index contributed by atoms with van der Waals surface area (Å²) >= 11 is 0. The van der Waals surface area contributed by atoms with Gasteiger partial charge in [-0.2, -0.15) is 5.10 Å². The predicted molar refractivity (Wildman–Crippen MR) is 270 cm³/mol. The molecule has 1 aromatic carbocycles. The third kappa shape index (κ3) is 11.1. The molecule has 0 radical (unpaired) electrons. The molecular weight excluding hydrogens is 916 g/mol. The summed E-state index contributed by atoms with van der Waals surface area (Å²) in [4.78, 5) is 63.7. The molecule has 0 spiro atoms. The molecule has 6 aromatic rings. The molecule has 3 amide bonds. The first-order valence-electron chi connectivity index (χ1n) is 25.0. The molecule has 0 saturated carbocycles. The van der Waals surface area contributed by atoms with Crippen LogP contribution in [0.4, 0.5) is 20.7 Å². The average Bonchev–Trinajstić information content (AvgIpc) is 3.91. The van der Waals surface area contributed by atoms with Crippen LogP contribution in [0.3, 0.4) is 0 Å². The van der Waals surface area contributed by atoms with Crippen molar-refractivity contribution in [3.63, 3.8) is 0 Å². The number of likely N-dealkylation sites (tertiary alicyclic amines) is 1. The number of carbonyl (C=O) groups excluding carboxylic acids is 4. The fraction of sp³-hybridized carbons (Fsp3) is 0.426. The first-order chi connectivity index (χ1) is 34.7. The summed E-state index contributed by atoms with van der Waals surface area (Å²) in [5, 5.41) is 22.6. The van der Waals surface area contributed by atoms with Gasteiger partial charge in [0.1, 0.15) is 23.1 Å². The van der Waals surface area contributed by atoms with Crippen LogP contribution >= 0.6 is 0 Å². The summed E-state index contributed by atoms with van der Waals surface area (Å²) in [6, 6.07) is 18.3. The molecule has 2 unspecified atom stereocenters. The van der Waals surface area contributed by atoms with Crippen LogP contribution in [0.1, 0.15) is 110 Å². The van der Waals surface area contributed by atoms with E-state index in [0.717, 1.165) is 112 Å². The van der Waals surface area contributed by atoms with Gasteiger partial charge in [0.15, 0.2) is 11.6 Å². The van der Waals surface area contributed by atoms with Crippen LogP contribution in [0, 0.1) is 11.7 Å². The second kappa shape index (κ2) is 20.5. The number of ether oxygens (including phenoxy) is 1. The number of nitrogens with zero attached hydrogens (tertiary/aromatic N) is 9. The topological polar surface area (TPSA) is 194 Å². The molecule has 2 atom stereocenters. The lowest BCUT2D eigenvalue weighted by atomic mass is 9.88. The number of amides is 3. The van der Waals surface area contributed by atoms with Crippen molar-refractivity contribution in [3.8, 4) is 11.3 Å². The van der Waals surface area contributed by atoms with Gasteiger partial charge in [-0.15, -0.1) is 10.2 Å². The summed E-state index contributed by atoms with van der Waals surface area (Å²) in [6.07, 6.45) is 10.5. The Morgan fingerprint density at radius 3 is 2.43 bits per heavy atom. The molecule has 18 heteroatoms. The van der Waals surface area contributed by atoms with Gasteiger partial charge < -0.3 is 14.6 Å². The van der Waals surface area contributed by atoms with Crippen molar-refractivity contribution in [1.82, 2.24) is 49.6 Å². The van der Waals surface area contributed by atoms with Crippen molar-refractivity contribution in [2.75, 3.05) is 36.8 Å². The van der Waals surface area contributed by atoms with Gasteiger partial charge in [-0.05, 0) is 150 Å². The van der Waals surface area contributed by atoms with Gasteiger partial charge in [0.25, 0.3) is 0 Å². The minimum absolute atomic E-state index is 0.109. The van der Waals surface area contributed by atoms with Crippen molar-refractivity contribution >= 4 is 51.8 Å². The fourth-order valence-corrected chi connectivity index (χ4v) is 10.5. The Bertz CT molecular complexity index is 3040. The highest BCUT2D eigenvalue weighted by molar-refractivity contribution is 6.01. The standard InChI is InChI=1S/C54H61FN12O5/c1-54(2,3)72-53(71)59-49-11-9-46(61-62-49)42-13-19-56-51-43(42)29-40(64(51)4)32-66-22-17-35(18-23-66)45-8-5-36(30-57-45)48(68)26-33-14-24-67-39(25-33)27-38(63-67)31-65-20-15-34(16-21-65)41-7-6-37(28-44(41)55)58-47-10-12-50(69)60-52(47)70/h5-9,11,13,17,19,27-30,33-34,47,58H,10,12,14-16,18,20-26,31-32H2,1-4H3,(H,59,62,71)(H,60,69,70). The van der Waals surface area contributed by atoms with E-state index in [1.54, 1.807) is 39.2 Å². The number of halogens is 1. The number of aryl methyl sites for hydroxylation is 2. The van der Waals surface area contributed by atoms with E-state index >= 15 is 4.39 Å². The van der Waals surface area contributed by atoms with Gasteiger partial charge in [-0.1, -0.05) is 12.1 Å². The fourth-order valence-electron chi connectivity index (χ4n) is 10.5. The van der Waals surface area contributed by atoms with E-state index in [4.69, 9.17) is 14.8 Å². The first kappa shape index (κ1) is 48.4. The minimum atomic E-state index is -0.624. The molecule has 3 N–H and O–H groups in total. The lowest BCUT2D eigenvalue weighted by Crippen LogP contribution is -2.47. The van der Waals surface area contributed by atoms with Crippen molar-refractivity contribution < 1.29 is 28.3 Å². The zero-order valence-electron chi connectivity index (χ0n) is 41.3. The number of aromatic nitrogens is 7. The number of pyridine rings is 2. The number of carbonyl (C=O) groups is 4. The number of ketones is 1. The second-order valence-corrected chi connectivity index (χ2v) is 20.6. The summed E-state index contributed by atoms with van der Waals surface area (Å²) in [5.74, 6) is -0.179. The molecule has 9 heterocycles. The number of imide groups is 1. The second-order valence-electron chi connectivity index (χ2n) is 20.6. The van der Waals surface area contributed by atoms with E-state index in [0.29, 0.717) is 41.2 Å². The highest BCUT2D eigenvalue weighted by Crippen LogP contribution is 2.34. The van der Waals surface area contributed by atoms with Crippen LogP contribution in [0.15, 0.2) is 79.1 Å². The van der Waals surface area contributed by atoms with Crippen LogP contribution in [-0.4, -0.2) is 106 Å². The molecule has 374 valence electrons. The van der Waals surface area contributed by atoms with Crippen LogP contribution in [0.5, 0.6) is 0 Å². The SMILES string of the molecule is Cn1c(CN2CC=C(c3ccc(C(=O)CC4CCn5nc(CN6CCC(c7ccc(NC8CCC(=O)NC8=O)cc7F)CC6)cc5C4)cn3)CC2)cc2c(-c3ccc(NC(=O)OC(C)(C)C)nn3)ccnc21. The monoisotopic (exact) mass is 976 g/mol. The molecule has 10 rings (SSSR count). The van der Waals surface area contributed by atoms with Crippen molar-refractivity contribution in [2.45, 2.75) is 109 Å². The zero-order valence-corrected chi connectivity index (χ0v) is 41.3. The van der Waals surface area contributed by atoms with Crippen LogP contribution < -0.4 is 16.0 Å². The molecule has 5 aromatic heterocycles. The Morgan fingerprint density at radius 1 is 0.875 bits per heavy atom. The van der Waals surface area contributed by atoms with Crippen LogP contribution in [0.25, 0.3) is 27.9 Å². The van der Waals surface area contributed by atoms with Gasteiger partial charge in [0.2, 0.25) is 11.8 Å². The molecule has 72 heavy (non-hydrogen) atoms. The maximum atomic E-state index is 15.3. The number of hydrogen-bond donors (Lipinski definition) is 3. The highest BCUT2D eigenvalue weighted by atomic mass is 19.1. The Hall–Kier alpha value is -7.18. The predicted octanol–water partition coefficient (Wildman–Crippen LogP) is 7.83. The minimum Gasteiger partial charge on any atom is -0.444 e. The number of piperidine rings is 2. The van der Waals surface area contributed by atoms with Gasteiger partial charge in [0.05, 0.1) is 17.1 Å². The van der Waals surface area contributed by atoms with Gasteiger partial charge in [-0.3, -0.25) is 44.5 Å². The normalized spacial score (nSPS) is 19.2. The smallest absolute Gasteiger partial charge is 0.413 e. The molecule has 0 aliphatic carbocycles. The lowest BCUT2D eigenvalue weighted by molar-refractivity contribution is -0.133. The Morgan fingerprint density at radius 2 is 1.71 bits per heavy atom. The van der Waals surface area contributed by atoms with Gasteiger partial charge in [0, 0.05) is 98.6 Å².